The number of aliphatic hydroxyl groups is 3. The van der Waals surface area contributed by atoms with Crippen LogP contribution in [0.3, 0.4) is 0 Å². The van der Waals surface area contributed by atoms with Crippen LogP contribution in [0.1, 0.15) is 17.2 Å². The predicted molar refractivity (Wildman–Crippen MR) is 62.1 cm³/mol. The summed E-state index contributed by atoms with van der Waals surface area (Å²) in [7, 11) is 1.72. The first kappa shape index (κ1) is 13.1. The smallest absolute Gasteiger partial charge is 0.106 e. The van der Waals surface area contributed by atoms with Gasteiger partial charge < -0.3 is 20.6 Å². The molecule has 1 aromatic rings. The SMILES string of the molecule is CNCC(O)C(O)c1cccc(CCO)c1. The van der Waals surface area contributed by atoms with Gasteiger partial charge in [-0.15, -0.1) is 0 Å². The standard InChI is InChI=1S/C12H19NO3/c1-13-8-11(15)12(16)10-4-2-3-9(7-10)5-6-14/h2-4,7,11-16H,5-6,8H2,1H3. The molecule has 0 heterocycles. The van der Waals surface area contributed by atoms with Gasteiger partial charge in [-0.1, -0.05) is 24.3 Å². The lowest BCUT2D eigenvalue weighted by Gasteiger charge is -2.18. The van der Waals surface area contributed by atoms with E-state index in [1.807, 2.05) is 12.1 Å². The maximum Gasteiger partial charge on any atom is 0.106 e. The summed E-state index contributed by atoms with van der Waals surface area (Å²) in [5, 5.41) is 31.1. The van der Waals surface area contributed by atoms with Crippen LogP contribution >= 0.6 is 0 Å². The topological polar surface area (TPSA) is 72.7 Å². The molecule has 4 nitrogen and oxygen atoms in total. The molecule has 90 valence electrons. The Kier molecular flexibility index (Phi) is 5.42. The van der Waals surface area contributed by atoms with E-state index in [4.69, 9.17) is 5.11 Å². The number of nitrogens with one attached hydrogen (secondary N) is 1. The van der Waals surface area contributed by atoms with Crippen LogP contribution in [-0.2, 0) is 6.42 Å². The van der Waals surface area contributed by atoms with E-state index in [0.717, 1.165) is 5.56 Å². The Labute approximate surface area is 95.6 Å². The molecule has 0 saturated heterocycles. The van der Waals surface area contributed by atoms with Crippen LogP contribution in [0.5, 0.6) is 0 Å². The summed E-state index contributed by atoms with van der Waals surface area (Å²) in [5.74, 6) is 0. The van der Waals surface area contributed by atoms with Crippen molar-refractivity contribution in [1.29, 1.82) is 0 Å². The molecule has 4 N–H and O–H groups in total. The van der Waals surface area contributed by atoms with Gasteiger partial charge in [-0.25, -0.2) is 0 Å². The monoisotopic (exact) mass is 225 g/mol. The highest BCUT2D eigenvalue weighted by atomic mass is 16.3. The first-order chi connectivity index (χ1) is 7.69. The van der Waals surface area contributed by atoms with E-state index in [2.05, 4.69) is 5.32 Å². The normalized spacial score (nSPS) is 14.8. The zero-order chi connectivity index (χ0) is 12.0. The second-order valence-corrected chi connectivity index (χ2v) is 3.79. The molecule has 1 aromatic carbocycles. The lowest BCUT2D eigenvalue weighted by molar-refractivity contribution is 0.0202. The fourth-order valence-electron chi connectivity index (χ4n) is 1.60. The lowest BCUT2D eigenvalue weighted by Crippen LogP contribution is -2.29. The molecule has 0 aliphatic heterocycles. The molecule has 1 rings (SSSR count). The maximum atomic E-state index is 9.86. The molecule has 0 fully saturated rings. The Morgan fingerprint density at radius 3 is 2.69 bits per heavy atom. The summed E-state index contributed by atoms with van der Waals surface area (Å²) in [6.07, 6.45) is -1.16. The summed E-state index contributed by atoms with van der Waals surface area (Å²) >= 11 is 0. The van der Waals surface area contributed by atoms with Crippen molar-refractivity contribution < 1.29 is 15.3 Å². The first-order valence-corrected chi connectivity index (χ1v) is 5.39. The van der Waals surface area contributed by atoms with Crippen molar-refractivity contribution >= 4 is 0 Å². The average molecular weight is 225 g/mol. The minimum absolute atomic E-state index is 0.0820. The van der Waals surface area contributed by atoms with Crippen molar-refractivity contribution in [2.24, 2.45) is 0 Å². The van der Waals surface area contributed by atoms with Crippen LogP contribution in [0.25, 0.3) is 0 Å². The largest absolute Gasteiger partial charge is 0.396 e. The van der Waals surface area contributed by atoms with Gasteiger partial charge in [0, 0.05) is 13.2 Å². The molecule has 4 heteroatoms. The van der Waals surface area contributed by atoms with E-state index in [1.165, 1.54) is 0 Å². The fraction of sp³-hybridized carbons (Fsp3) is 0.500. The molecule has 0 spiro atoms. The van der Waals surface area contributed by atoms with Gasteiger partial charge >= 0.3 is 0 Å². The van der Waals surface area contributed by atoms with Gasteiger partial charge in [-0.05, 0) is 24.6 Å². The van der Waals surface area contributed by atoms with E-state index < -0.39 is 12.2 Å². The highest BCUT2D eigenvalue weighted by Crippen LogP contribution is 2.18. The third-order valence-electron chi connectivity index (χ3n) is 2.47. The van der Waals surface area contributed by atoms with Gasteiger partial charge in [-0.3, -0.25) is 0 Å². The summed E-state index contributed by atoms with van der Waals surface area (Å²) in [4.78, 5) is 0. The Balaban J connectivity index is 2.74. The molecule has 16 heavy (non-hydrogen) atoms. The number of benzene rings is 1. The molecule has 0 bridgehead atoms. The van der Waals surface area contributed by atoms with E-state index in [1.54, 1.807) is 19.2 Å². The molecule has 0 aliphatic rings. The quantitative estimate of drug-likeness (QED) is 0.542. The van der Waals surface area contributed by atoms with Gasteiger partial charge in [0.1, 0.15) is 6.10 Å². The van der Waals surface area contributed by atoms with Crippen LogP contribution in [-0.4, -0.2) is 41.6 Å². The van der Waals surface area contributed by atoms with Crippen LogP contribution < -0.4 is 5.32 Å². The van der Waals surface area contributed by atoms with Crippen LogP contribution in [0, 0.1) is 0 Å². The third kappa shape index (κ3) is 3.57. The van der Waals surface area contributed by atoms with Crippen molar-refractivity contribution in [2.75, 3.05) is 20.2 Å². The van der Waals surface area contributed by atoms with E-state index in [0.29, 0.717) is 18.5 Å². The Bertz CT molecular complexity index is 317. The van der Waals surface area contributed by atoms with Crippen LogP contribution in [0.15, 0.2) is 24.3 Å². The lowest BCUT2D eigenvalue weighted by atomic mass is 10.0. The summed E-state index contributed by atoms with van der Waals surface area (Å²) in [6.45, 7) is 0.421. The highest BCUT2D eigenvalue weighted by molar-refractivity contribution is 5.26. The number of aliphatic hydroxyl groups excluding tert-OH is 3. The third-order valence-corrected chi connectivity index (χ3v) is 2.47. The number of hydrogen-bond acceptors (Lipinski definition) is 4. The number of hydrogen-bond donors (Lipinski definition) is 4. The van der Waals surface area contributed by atoms with E-state index >= 15 is 0 Å². The Hall–Kier alpha value is -0.940. The van der Waals surface area contributed by atoms with E-state index in [-0.39, 0.29) is 6.61 Å². The zero-order valence-electron chi connectivity index (χ0n) is 9.43. The molecular formula is C12H19NO3. The van der Waals surface area contributed by atoms with Crippen molar-refractivity contribution in [3.05, 3.63) is 35.4 Å². The van der Waals surface area contributed by atoms with Gasteiger partial charge in [0.05, 0.1) is 6.10 Å². The maximum absolute atomic E-state index is 9.86. The van der Waals surface area contributed by atoms with Gasteiger partial charge in [0.15, 0.2) is 0 Å². The van der Waals surface area contributed by atoms with Crippen molar-refractivity contribution in [3.8, 4) is 0 Å². The molecule has 0 radical (unpaired) electrons. The summed E-state index contributed by atoms with van der Waals surface area (Å²) < 4.78 is 0. The number of rotatable bonds is 6. The molecule has 2 atom stereocenters. The van der Waals surface area contributed by atoms with Crippen molar-refractivity contribution in [2.45, 2.75) is 18.6 Å². The molecule has 0 saturated carbocycles. The Morgan fingerprint density at radius 2 is 2.06 bits per heavy atom. The molecule has 0 aliphatic carbocycles. The predicted octanol–water partition coefficient (Wildman–Crippen LogP) is -0.165. The minimum atomic E-state index is -0.897. The van der Waals surface area contributed by atoms with Gasteiger partial charge in [0.2, 0.25) is 0 Å². The zero-order valence-corrected chi connectivity index (χ0v) is 9.43. The van der Waals surface area contributed by atoms with Crippen LogP contribution in [0.2, 0.25) is 0 Å². The average Bonchev–Trinajstić information content (AvgIpc) is 2.29. The molecule has 0 amide bonds. The molecule has 0 aromatic heterocycles. The van der Waals surface area contributed by atoms with E-state index in [9.17, 15) is 10.2 Å². The highest BCUT2D eigenvalue weighted by Gasteiger charge is 2.17. The number of likely N-dealkylation sites (N-methyl/N-ethyl adjacent to an activating group) is 1. The van der Waals surface area contributed by atoms with Gasteiger partial charge in [-0.2, -0.15) is 0 Å². The van der Waals surface area contributed by atoms with Crippen molar-refractivity contribution in [1.82, 2.24) is 5.32 Å². The fourth-order valence-corrected chi connectivity index (χ4v) is 1.60. The van der Waals surface area contributed by atoms with Gasteiger partial charge in [0.25, 0.3) is 0 Å². The summed E-state index contributed by atoms with van der Waals surface area (Å²) in [6, 6.07) is 7.27. The van der Waals surface area contributed by atoms with Crippen molar-refractivity contribution in [3.63, 3.8) is 0 Å². The van der Waals surface area contributed by atoms with Crippen LogP contribution in [0.4, 0.5) is 0 Å². The second kappa shape index (κ2) is 6.60. The molecule has 2 unspecified atom stereocenters. The Morgan fingerprint density at radius 1 is 1.31 bits per heavy atom. The summed E-state index contributed by atoms with van der Waals surface area (Å²) in [5.41, 5.74) is 1.63. The minimum Gasteiger partial charge on any atom is -0.396 e. The first-order valence-electron chi connectivity index (χ1n) is 5.39. The molecular weight excluding hydrogens is 206 g/mol. The second-order valence-electron chi connectivity index (χ2n) is 3.79.